The van der Waals surface area contributed by atoms with Crippen LogP contribution in [-0.2, 0) is 9.53 Å². The molecule has 0 saturated carbocycles. The van der Waals surface area contributed by atoms with E-state index in [4.69, 9.17) is 11.6 Å². The number of ether oxygens (including phenoxy) is 1. The van der Waals surface area contributed by atoms with Crippen LogP contribution in [0.15, 0.2) is 24.3 Å². The number of halogens is 1. The van der Waals surface area contributed by atoms with Crippen LogP contribution in [0.5, 0.6) is 0 Å². The van der Waals surface area contributed by atoms with E-state index in [1.807, 2.05) is 0 Å². The van der Waals surface area contributed by atoms with E-state index < -0.39 is 0 Å². The zero-order valence-corrected chi connectivity index (χ0v) is 6.36. The molecular formula is C7H9ClO2. The topological polar surface area (TPSA) is 26.3 Å². The molecule has 0 saturated heterocycles. The molecule has 0 spiro atoms. The third kappa shape index (κ3) is 5.38. The molecule has 0 bridgehead atoms. The van der Waals surface area contributed by atoms with Crippen molar-refractivity contribution in [3.63, 3.8) is 0 Å². The molecule has 0 heterocycles. The molecule has 2 nitrogen and oxygen atoms in total. The minimum atomic E-state index is -0.336. The first kappa shape index (κ1) is 9.24. The lowest BCUT2D eigenvalue weighted by atomic mass is 10.4. The Hall–Kier alpha value is -0.760. The Morgan fingerprint density at radius 2 is 2.30 bits per heavy atom. The Kier molecular flexibility index (Phi) is 4.67. The summed E-state index contributed by atoms with van der Waals surface area (Å²) in [5.41, 5.74) is 0. The van der Waals surface area contributed by atoms with Crippen LogP contribution in [0, 0.1) is 0 Å². The van der Waals surface area contributed by atoms with Gasteiger partial charge in [0, 0.05) is 5.03 Å². The number of esters is 1. The van der Waals surface area contributed by atoms with Gasteiger partial charge in [-0.05, 0) is 0 Å². The summed E-state index contributed by atoms with van der Waals surface area (Å²) < 4.78 is 4.60. The van der Waals surface area contributed by atoms with E-state index in [9.17, 15) is 4.79 Å². The van der Waals surface area contributed by atoms with Crippen molar-refractivity contribution in [2.24, 2.45) is 0 Å². The van der Waals surface area contributed by atoms with Crippen molar-refractivity contribution in [3.05, 3.63) is 24.3 Å². The molecule has 0 aromatic rings. The molecule has 0 N–H and O–H groups in total. The second-order valence-corrected chi connectivity index (χ2v) is 2.21. The molecule has 0 fully saturated rings. The summed E-state index contributed by atoms with van der Waals surface area (Å²) in [5.74, 6) is -0.336. The Morgan fingerprint density at radius 1 is 1.70 bits per heavy atom. The van der Waals surface area contributed by atoms with Gasteiger partial charge in [0.1, 0.15) is 6.61 Å². The van der Waals surface area contributed by atoms with Crippen molar-refractivity contribution in [2.45, 2.75) is 6.42 Å². The van der Waals surface area contributed by atoms with Gasteiger partial charge >= 0.3 is 5.97 Å². The first-order valence-electron chi connectivity index (χ1n) is 2.76. The van der Waals surface area contributed by atoms with Crippen LogP contribution in [-0.4, -0.2) is 12.6 Å². The predicted molar refractivity (Wildman–Crippen MR) is 40.8 cm³/mol. The van der Waals surface area contributed by atoms with Crippen molar-refractivity contribution < 1.29 is 9.53 Å². The second-order valence-electron chi connectivity index (χ2n) is 1.67. The molecule has 0 unspecified atom stereocenters. The van der Waals surface area contributed by atoms with Gasteiger partial charge in [-0.1, -0.05) is 24.3 Å². The SMILES string of the molecule is C=CCC(=O)OCC(=C)Cl. The lowest BCUT2D eigenvalue weighted by Gasteiger charge is -1.98. The zero-order chi connectivity index (χ0) is 7.98. The Bertz CT molecular complexity index is 152. The molecule has 0 aliphatic carbocycles. The summed E-state index contributed by atoms with van der Waals surface area (Å²) in [5, 5.41) is 0.317. The number of hydrogen-bond acceptors (Lipinski definition) is 2. The van der Waals surface area contributed by atoms with Crippen molar-refractivity contribution >= 4 is 17.6 Å². The van der Waals surface area contributed by atoms with Gasteiger partial charge in [0.15, 0.2) is 0 Å². The highest BCUT2D eigenvalue weighted by atomic mass is 35.5. The van der Waals surface area contributed by atoms with Crippen molar-refractivity contribution in [1.29, 1.82) is 0 Å². The van der Waals surface area contributed by atoms with Crippen molar-refractivity contribution in [2.75, 3.05) is 6.61 Å². The molecule has 0 radical (unpaired) electrons. The van der Waals surface area contributed by atoms with E-state index in [0.29, 0.717) is 5.03 Å². The first-order valence-corrected chi connectivity index (χ1v) is 3.14. The minimum absolute atomic E-state index is 0.0776. The van der Waals surface area contributed by atoms with Gasteiger partial charge in [0.05, 0.1) is 6.42 Å². The van der Waals surface area contributed by atoms with E-state index in [2.05, 4.69) is 17.9 Å². The van der Waals surface area contributed by atoms with Crippen LogP contribution in [0.2, 0.25) is 0 Å². The summed E-state index contributed by atoms with van der Waals surface area (Å²) >= 11 is 5.32. The Labute approximate surface area is 65.1 Å². The predicted octanol–water partition coefficient (Wildman–Crippen LogP) is 1.86. The summed E-state index contributed by atoms with van der Waals surface area (Å²) in [4.78, 5) is 10.6. The number of rotatable bonds is 4. The maximum atomic E-state index is 10.6. The highest BCUT2D eigenvalue weighted by Gasteiger charge is 1.97. The molecule has 0 aromatic heterocycles. The van der Waals surface area contributed by atoms with Crippen LogP contribution < -0.4 is 0 Å². The van der Waals surface area contributed by atoms with E-state index in [1.165, 1.54) is 6.08 Å². The van der Waals surface area contributed by atoms with E-state index in [-0.39, 0.29) is 19.0 Å². The fraction of sp³-hybridized carbons (Fsp3) is 0.286. The van der Waals surface area contributed by atoms with E-state index in [1.54, 1.807) is 0 Å². The van der Waals surface area contributed by atoms with Crippen LogP contribution in [0.4, 0.5) is 0 Å². The van der Waals surface area contributed by atoms with Crippen LogP contribution in [0.1, 0.15) is 6.42 Å². The standard InChI is InChI=1S/C7H9ClO2/c1-3-4-7(9)10-5-6(2)8/h3H,1-2,4-5H2. The zero-order valence-electron chi connectivity index (χ0n) is 5.60. The molecule has 10 heavy (non-hydrogen) atoms. The van der Waals surface area contributed by atoms with Gasteiger partial charge in [0.2, 0.25) is 0 Å². The maximum Gasteiger partial charge on any atom is 0.309 e. The monoisotopic (exact) mass is 160 g/mol. The summed E-state index contributed by atoms with van der Waals surface area (Å²) in [6.45, 7) is 6.80. The van der Waals surface area contributed by atoms with Crippen LogP contribution in [0.25, 0.3) is 0 Å². The normalized spacial score (nSPS) is 8.50. The third-order valence-electron chi connectivity index (χ3n) is 0.701. The second kappa shape index (κ2) is 5.06. The summed E-state index contributed by atoms with van der Waals surface area (Å²) in [6.07, 6.45) is 1.68. The molecule has 0 aliphatic rings. The van der Waals surface area contributed by atoms with Crippen molar-refractivity contribution in [1.82, 2.24) is 0 Å². The Balaban J connectivity index is 3.39. The van der Waals surface area contributed by atoms with Gasteiger partial charge in [-0.3, -0.25) is 4.79 Å². The highest BCUT2D eigenvalue weighted by molar-refractivity contribution is 6.29. The molecule has 0 amide bonds. The number of carbonyl (C=O) groups excluding carboxylic acids is 1. The number of carbonyl (C=O) groups is 1. The average Bonchev–Trinajstić information content (AvgIpc) is 1.85. The maximum absolute atomic E-state index is 10.6. The smallest absolute Gasteiger partial charge is 0.309 e. The van der Waals surface area contributed by atoms with Gasteiger partial charge in [-0.15, -0.1) is 6.58 Å². The van der Waals surface area contributed by atoms with E-state index in [0.717, 1.165) is 0 Å². The lowest BCUT2D eigenvalue weighted by molar-refractivity contribution is -0.141. The first-order chi connectivity index (χ1) is 4.66. The third-order valence-corrected chi connectivity index (χ3v) is 0.810. The summed E-state index contributed by atoms with van der Waals surface area (Å²) in [7, 11) is 0. The fourth-order valence-electron chi connectivity index (χ4n) is 0.336. The Morgan fingerprint density at radius 3 is 2.70 bits per heavy atom. The number of hydrogen-bond donors (Lipinski definition) is 0. The molecule has 0 rings (SSSR count). The minimum Gasteiger partial charge on any atom is -0.460 e. The van der Waals surface area contributed by atoms with Crippen LogP contribution in [0.3, 0.4) is 0 Å². The van der Waals surface area contributed by atoms with Gasteiger partial charge < -0.3 is 4.74 Å². The highest BCUT2D eigenvalue weighted by Crippen LogP contribution is 1.97. The molecule has 0 atom stereocenters. The average molecular weight is 161 g/mol. The molecule has 0 aliphatic heterocycles. The van der Waals surface area contributed by atoms with Gasteiger partial charge in [-0.25, -0.2) is 0 Å². The molecule has 56 valence electrons. The van der Waals surface area contributed by atoms with Crippen LogP contribution >= 0.6 is 11.6 Å². The van der Waals surface area contributed by atoms with Gasteiger partial charge in [0.25, 0.3) is 0 Å². The van der Waals surface area contributed by atoms with Crippen molar-refractivity contribution in [3.8, 4) is 0 Å². The fourth-order valence-corrected chi connectivity index (χ4v) is 0.390. The lowest BCUT2D eigenvalue weighted by Crippen LogP contribution is -2.03. The van der Waals surface area contributed by atoms with Gasteiger partial charge in [-0.2, -0.15) is 0 Å². The quantitative estimate of drug-likeness (QED) is 0.464. The molecular weight excluding hydrogens is 152 g/mol. The molecule has 3 heteroatoms. The largest absolute Gasteiger partial charge is 0.460 e. The molecule has 0 aromatic carbocycles. The van der Waals surface area contributed by atoms with E-state index >= 15 is 0 Å². The summed E-state index contributed by atoms with van der Waals surface area (Å²) in [6, 6.07) is 0.